The summed E-state index contributed by atoms with van der Waals surface area (Å²) in [6.07, 6.45) is 2.32. The highest BCUT2D eigenvalue weighted by Gasteiger charge is 2.25. The van der Waals surface area contributed by atoms with Crippen molar-refractivity contribution in [2.24, 2.45) is 0 Å². The summed E-state index contributed by atoms with van der Waals surface area (Å²) < 4.78 is 2.21. The van der Waals surface area contributed by atoms with Crippen LogP contribution in [0.5, 0.6) is 0 Å². The summed E-state index contributed by atoms with van der Waals surface area (Å²) >= 11 is 10.2. The molecule has 18 heavy (non-hydrogen) atoms. The van der Waals surface area contributed by atoms with E-state index in [0.717, 1.165) is 10.8 Å². The van der Waals surface area contributed by atoms with E-state index in [1.165, 1.54) is 31.7 Å². The fourth-order valence-electron chi connectivity index (χ4n) is 2.43. The number of aryl methyl sites for hydroxylation is 1. The van der Waals surface area contributed by atoms with Crippen LogP contribution in [0.15, 0.2) is 24.3 Å². The average molecular weight is 390 g/mol. The molecule has 0 aliphatic heterocycles. The number of hydrogen-bond acceptors (Lipinski definition) is 2. The Labute approximate surface area is 130 Å². The Kier molecular flexibility index (Phi) is 3.56. The highest BCUT2D eigenvalue weighted by atomic mass is 127. The van der Waals surface area contributed by atoms with Gasteiger partial charge in [-0.1, -0.05) is 17.7 Å². The minimum Gasteiger partial charge on any atom is -0.378 e. The second-order valence-corrected chi connectivity index (χ2v) is 7.51. The molecule has 0 radical (unpaired) electrons. The molecule has 1 atom stereocenters. The molecular weight excluding hydrogens is 377 g/mol. The molecule has 0 saturated heterocycles. The van der Waals surface area contributed by atoms with Crippen LogP contribution in [0.4, 0.5) is 5.69 Å². The number of halogens is 2. The van der Waals surface area contributed by atoms with Gasteiger partial charge in [0, 0.05) is 14.1 Å². The van der Waals surface area contributed by atoms with Crippen LogP contribution in [0.1, 0.15) is 28.5 Å². The molecule has 1 nitrogen and oxygen atoms in total. The molecule has 1 N–H and O–H groups in total. The van der Waals surface area contributed by atoms with Crippen molar-refractivity contribution in [3.63, 3.8) is 0 Å². The Morgan fingerprint density at radius 1 is 1.44 bits per heavy atom. The summed E-state index contributed by atoms with van der Waals surface area (Å²) in [5.74, 6) is 0. The topological polar surface area (TPSA) is 12.0 Å². The van der Waals surface area contributed by atoms with Gasteiger partial charge >= 0.3 is 0 Å². The molecular formula is C14H13ClINS. The van der Waals surface area contributed by atoms with Crippen molar-refractivity contribution >= 4 is 51.2 Å². The number of fused-ring (bicyclic) bond motifs is 1. The van der Waals surface area contributed by atoms with E-state index in [9.17, 15) is 0 Å². The Bertz CT molecular complexity index is 593. The molecule has 4 heteroatoms. The van der Waals surface area contributed by atoms with Gasteiger partial charge < -0.3 is 5.32 Å². The number of hydrogen-bond donors (Lipinski definition) is 1. The lowest BCUT2D eigenvalue weighted by Crippen LogP contribution is -2.08. The standard InChI is InChI=1S/C14H13ClINS/c1-8-10(16)3-2-4-11(8)17-12-5-6-13-9(12)7-14(15)18-13/h2-4,7,12,17H,5-6H2,1H3. The van der Waals surface area contributed by atoms with E-state index >= 15 is 0 Å². The van der Waals surface area contributed by atoms with Crippen molar-refractivity contribution in [3.8, 4) is 0 Å². The van der Waals surface area contributed by atoms with Crippen molar-refractivity contribution in [2.75, 3.05) is 5.32 Å². The Hall–Kier alpha value is -0.260. The molecule has 0 amide bonds. The predicted octanol–water partition coefficient (Wildman–Crippen LogP) is 5.41. The van der Waals surface area contributed by atoms with Gasteiger partial charge in [-0.05, 0) is 71.7 Å². The summed E-state index contributed by atoms with van der Waals surface area (Å²) in [7, 11) is 0. The van der Waals surface area contributed by atoms with E-state index in [4.69, 9.17) is 11.6 Å². The van der Waals surface area contributed by atoms with Crippen LogP contribution in [0.3, 0.4) is 0 Å². The van der Waals surface area contributed by atoms with Gasteiger partial charge in [0.25, 0.3) is 0 Å². The summed E-state index contributed by atoms with van der Waals surface area (Å²) in [5.41, 5.74) is 3.96. The van der Waals surface area contributed by atoms with Gasteiger partial charge in [-0.25, -0.2) is 0 Å². The van der Waals surface area contributed by atoms with Gasteiger partial charge in [-0.2, -0.15) is 0 Å². The van der Waals surface area contributed by atoms with Crippen molar-refractivity contribution in [2.45, 2.75) is 25.8 Å². The summed E-state index contributed by atoms with van der Waals surface area (Å²) in [6, 6.07) is 8.94. The van der Waals surface area contributed by atoms with Crippen LogP contribution in [0.2, 0.25) is 4.34 Å². The van der Waals surface area contributed by atoms with Crippen molar-refractivity contribution in [3.05, 3.63) is 48.2 Å². The monoisotopic (exact) mass is 389 g/mol. The summed E-state index contributed by atoms with van der Waals surface area (Å²) in [6.45, 7) is 2.17. The van der Waals surface area contributed by atoms with Crippen LogP contribution in [-0.4, -0.2) is 0 Å². The SMILES string of the molecule is Cc1c(I)cccc1NC1CCc2sc(Cl)cc21. The van der Waals surface area contributed by atoms with Gasteiger partial charge in [0.15, 0.2) is 0 Å². The quantitative estimate of drug-likeness (QED) is 0.677. The average Bonchev–Trinajstić information content (AvgIpc) is 2.86. The van der Waals surface area contributed by atoms with Crippen LogP contribution in [0, 0.1) is 10.5 Å². The van der Waals surface area contributed by atoms with E-state index in [1.807, 2.05) is 0 Å². The molecule has 1 aromatic carbocycles. The predicted molar refractivity (Wildman–Crippen MR) is 87.9 cm³/mol. The zero-order valence-corrected chi connectivity index (χ0v) is 13.7. The van der Waals surface area contributed by atoms with E-state index in [2.05, 4.69) is 59.1 Å². The summed E-state index contributed by atoms with van der Waals surface area (Å²) in [5, 5.41) is 3.66. The largest absolute Gasteiger partial charge is 0.378 e. The Morgan fingerprint density at radius 2 is 2.28 bits per heavy atom. The van der Waals surface area contributed by atoms with Gasteiger partial charge in [0.2, 0.25) is 0 Å². The Balaban J connectivity index is 1.88. The van der Waals surface area contributed by atoms with Crippen LogP contribution >= 0.6 is 45.5 Å². The van der Waals surface area contributed by atoms with Gasteiger partial charge in [0.1, 0.15) is 0 Å². The highest BCUT2D eigenvalue weighted by molar-refractivity contribution is 14.1. The molecule has 3 rings (SSSR count). The second-order valence-electron chi connectivity index (χ2n) is 4.58. The fourth-order valence-corrected chi connectivity index (χ4v) is 4.29. The molecule has 1 unspecified atom stereocenters. The molecule has 2 aromatic rings. The van der Waals surface area contributed by atoms with Gasteiger partial charge in [0.05, 0.1) is 10.4 Å². The van der Waals surface area contributed by atoms with Crippen LogP contribution in [-0.2, 0) is 6.42 Å². The van der Waals surface area contributed by atoms with Crippen LogP contribution < -0.4 is 5.32 Å². The number of anilines is 1. The zero-order chi connectivity index (χ0) is 12.7. The molecule has 1 heterocycles. The van der Waals surface area contributed by atoms with Crippen LogP contribution in [0.25, 0.3) is 0 Å². The molecule has 1 aliphatic carbocycles. The number of rotatable bonds is 2. The van der Waals surface area contributed by atoms with Crippen molar-refractivity contribution < 1.29 is 0 Å². The maximum atomic E-state index is 6.09. The Morgan fingerprint density at radius 3 is 3.11 bits per heavy atom. The lowest BCUT2D eigenvalue weighted by molar-refractivity contribution is 0.761. The number of benzene rings is 1. The molecule has 1 aliphatic rings. The van der Waals surface area contributed by atoms with E-state index in [0.29, 0.717) is 6.04 Å². The molecule has 94 valence electrons. The normalized spacial score (nSPS) is 17.8. The zero-order valence-electron chi connectivity index (χ0n) is 9.97. The fraction of sp³-hybridized carbons (Fsp3) is 0.286. The first-order chi connectivity index (χ1) is 8.65. The minimum atomic E-state index is 0.417. The first-order valence-corrected chi connectivity index (χ1v) is 8.22. The van der Waals surface area contributed by atoms with E-state index in [-0.39, 0.29) is 0 Å². The lowest BCUT2D eigenvalue weighted by Gasteiger charge is -2.17. The minimum absolute atomic E-state index is 0.417. The third-order valence-electron chi connectivity index (χ3n) is 3.44. The van der Waals surface area contributed by atoms with E-state index < -0.39 is 0 Å². The second kappa shape index (κ2) is 5.02. The highest BCUT2D eigenvalue weighted by Crippen LogP contribution is 2.41. The number of nitrogens with one attached hydrogen (secondary N) is 1. The molecule has 1 aromatic heterocycles. The number of thiophene rings is 1. The van der Waals surface area contributed by atoms with Gasteiger partial charge in [-0.15, -0.1) is 11.3 Å². The third kappa shape index (κ3) is 2.28. The first-order valence-electron chi connectivity index (χ1n) is 5.95. The van der Waals surface area contributed by atoms with E-state index in [1.54, 1.807) is 11.3 Å². The third-order valence-corrected chi connectivity index (χ3v) is 5.95. The molecule has 0 saturated carbocycles. The maximum absolute atomic E-state index is 6.09. The van der Waals surface area contributed by atoms with Crippen molar-refractivity contribution in [1.82, 2.24) is 0 Å². The molecule has 0 fully saturated rings. The lowest BCUT2D eigenvalue weighted by atomic mass is 10.1. The smallest absolute Gasteiger partial charge is 0.0934 e. The van der Waals surface area contributed by atoms with Gasteiger partial charge in [-0.3, -0.25) is 0 Å². The summed E-state index contributed by atoms with van der Waals surface area (Å²) in [4.78, 5) is 1.45. The molecule has 0 spiro atoms. The van der Waals surface area contributed by atoms with Crippen molar-refractivity contribution in [1.29, 1.82) is 0 Å². The molecule has 0 bridgehead atoms. The maximum Gasteiger partial charge on any atom is 0.0934 e. The first kappa shape index (κ1) is 12.8.